The summed E-state index contributed by atoms with van der Waals surface area (Å²) in [6.45, 7) is 1.93. The van der Waals surface area contributed by atoms with Crippen molar-refractivity contribution in [2.45, 2.75) is 26.2 Å². The first-order valence-electron chi connectivity index (χ1n) is 8.47. The summed E-state index contributed by atoms with van der Waals surface area (Å²) in [6.07, 6.45) is 2.01. The number of benzene rings is 2. The van der Waals surface area contributed by atoms with Gasteiger partial charge in [-0.3, -0.25) is 4.79 Å². The molecule has 1 amide bonds. The fraction of sp³-hybridized carbons (Fsp3) is 0.300. The highest BCUT2D eigenvalue weighted by atomic mass is 32.1. The molecule has 0 aliphatic heterocycles. The van der Waals surface area contributed by atoms with Gasteiger partial charge in [-0.1, -0.05) is 12.1 Å². The van der Waals surface area contributed by atoms with E-state index >= 15 is 0 Å². The molecule has 136 valence electrons. The molecular formula is C20H22N2O3S. The predicted octanol–water partition coefficient (Wildman–Crippen LogP) is 4.58. The molecule has 0 saturated heterocycles. The second-order valence-electron chi connectivity index (χ2n) is 6.00. The fourth-order valence-corrected chi connectivity index (χ4v) is 3.76. The van der Waals surface area contributed by atoms with Crippen LogP contribution in [0, 0.1) is 6.92 Å². The number of aromatic nitrogens is 1. The topological polar surface area (TPSA) is 60.5 Å². The number of methoxy groups -OCH3 is 2. The van der Waals surface area contributed by atoms with E-state index < -0.39 is 0 Å². The summed E-state index contributed by atoms with van der Waals surface area (Å²) < 4.78 is 11.8. The van der Waals surface area contributed by atoms with E-state index in [1.807, 2.05) is 31.2 Å². The lowest BCUT2D eigenvalue weighted by atomic mass is 10.1. The van der Waals surface area contributed by atoms with Crippen LogP contribution in [0.25, 0.3) is 10.2 Å². The number of thiazole rings is 1. The zero-order valence-corrected chi connectivity index (χ0v) is 16.0. The molecule has 0 unspecified atom stereocenters. The fourth-order valence-electron chi connectivity index (χ4n) is 2.76. The number of para-hydroxylation sites is 1. The maximum absolute atomic E-state index is 12.3. The molecule has 0 spiro atoms. The normalized spacial score (nSPS) is 10.7. The molecule has 0 saturated carbocycles. The Hall–Kier alpha value is -2.60. The number of hydrogen-bond donors (Lipinski definition) is 1. The Kier molecular flexibility index (Phi) is 5.73. The average molecular weight is 370 g/mol. The van der Waals surface area contributed by atoms with Crippen molar-refractivity contribution in [3.8, 4) is 11.5 Å². The van der Waals surface area contributed by atoms with E-state index in [0.29, 0.717) is 17.9 Å². The van der Waals surface area contributed by atoms with E-state index in [4.69, 9.17) is 9.47 Å². The number of nitrogens with one attached hydrogen (secondary N) is 1. The minimum Gasteiger partial charge on any atom is -0.493 e. The number of hydrogen-bond acceptors (Lipinski definition) is 5. The Morgan fingerprint density at radius 3 is 2.62 bits per heavy atom. The summed E-state index contributed by atoms with van der Waals surface area (Å²) in [5.74, 6) is 1.24. The van der Waals surface area contributed by atoms with Gasteiger partial charge < -0.3 is 14.8 Å². The predicted molar refractivity (Wildman–Crippen MR) is 105 cm³/mol. The summed E-state index contributed by atoms with van der Waals surface area (Å²) in [4.78, 5) is 16.9. The molecule has 6 heteroatoms. The Morgan fingerprint density at radius 1 is 1.15 bits per heavy atom. The van der Waals surface area contributed by atoms with Crippen LogP contribution in [0.2, 0.25) is 0 Å². The maximum atomic E-state index is 12.3. The van der Waals surface area contributed by atoms with E-state index in [9.17, 15) is 4.79 Å². The largest absolute Gasteiger partial charge is 0.493 e. The van der Waals surface area contributed by atoms with E-state index in [1.165, 1.54) is 4.70 Å². The number of nitrogens with zero attached hydrogens (tertiary/aromatic N) is 1. The van der Waals surface area contributed by atoms with Gasteiger partial charge >= 0.3 is 0 Å². The van der Waals surface area contributed by atoms with E-state index in [-0.39, 0.29) is 5.91 Å². The molecule has 0 atom stereocenters. The van der Waals surface area contributed by atoms with Gasteiger partial charge in [0.25, 0.3) is 0 Å². The SMILES string of the molecule is COc1cc(C)c(NC(=O)CCCc2nc3ccccc3s2)cc1OC. The van der Waals surface area contributed by atoms with Gasteiger partial charge in [-0.15, -0.1) is 11.3 Å². The number of rotatable bonds is 7. The van der Waals surface area contributed by atoms with Crippen LogP contribution >= 0.6 is 11.3 Å². The van der Waals surface area contributed by atoms with Gasteiger partial charge in [-0.25, -0.2) is 4.98 Å². The smallest absolute Gasteiger partial charge is 0.224 e. The minimum absolute atomic E-state index is 0.0126. The number of carbonyl (C=O) groups is 1. The standard InChI is InChI=1S/C20H22N2O3S/c1-13-11-16(24-2)17(25-3)12-15(13)21-19(23)9-6-10-20-22-14-7-4-5-8-18(14)26-20/h4-5,7-8,11-12H,6,9-10H2,1-3H3,(H,21,23). The van der Waals surface area contributed by atoms with Crippen LogP contribution < -0.4 is 14.8 Å². The Labute approximate surface area is 157 Å². The summed E-state index contributed by atoms with van der Waals surface area (Å²) in [7, 11) is 3.17. The van der Waals surface area contributed by atoms with E-state index in [2.05, 4.69) is 16.4 Å². The summed E-state index contributed by atoms with van der Waals surface area (Å²) in [6, 6.07) is 11.7. The lowest BCUT2D eigenvalue weighted by Gasteiger charge is -2.13. The molecule has 3 aromatic rings. The van der Waals surface area contributed by atoms with Crippen molar-refractivity contribution in [2.75, 3.05) is 19.5 Å². The molecule has 0 radical (unpaired) electrons. The van der Waals surface area contributed by atoms with Crippen LogP contribution in [-0.2, 0) is 11.2 Å². The zero-order valence-electron chi connectivity index (χ0n) is 15.2. The number of fused-ring (bicyclic) bond motifs is 1. The third-order valence-electron chi connectivity index (χ3n) is 4.14. The van der Waals surface area contributed by atoms with Crippen molar-refractivity contribution in [3.63, 3.8) is 0 Å². The Morgan fingerprint density at radius 2 is 1.88 bits per heavy atom. The number of ether oxygens (including phenoxy) is 2. The molecule has 5 nitrogen and oxygen atoms in total. The van der Waals surface area contributed by atoms with E-state index in [0.717, 1.165) is 34.6 Å². The van der Waals surface area contributed by atoms with Crippen LogP contribution in [0.4, 0.5) is 5.69 Å². The lowest BCUT2D eigenvalue weighted by Crippen LogP contribution is -2.12. The zero-order chi connectivity index (χ0) is 18.5. The molecule has 1 N–H and O–H groups in total. The first-order valence-corrected chi connectivity index (χ1v) is 9.29. The third-order valence-corrected chi connectivity index (χ3v) is 5.23. The molecule has 26 heavy (non-hydrogen) atoms. The molecule has 1 heterocycles. The first kappa shape index (κ1) is 18.2. The van der Waals surface area contributed by atoms with E-state index in [1.54, 1.807) is 31.6 Å². The number of anilines is 1. The van der Waals surface area contributed by atoms with Crippen molar-refractivity contribution in [3.05, 3.63) is 47.0 Å². The Bertz CT molecular complexity index is 888. The van der Waals surface area contributed by atoms with Crippen LogP contribution in [0.5, 0.6) is 11.5 Å². The summed E-state index contributed by atoms with van der Waals surface area (Å²) in [5, 5.41) is 4.03. The maximum Gasteiger partial charge on any atom is 0.224 e. The second kappa shape index (κ2) is 8.19. The summed E-state index contributed by atoms with van der Waals surface area (Å²) in [5.41, 5.74) is 2.70. The van der Waals surface area contributed by atoms with Crippen molar-refractivity contribution < 1.29 is 14.3 Å². The highest BCUT2D eigenvalue weighted by Gasteiger charge is 2.11. The van der Waals surface area contributed by atoms with Gasteiger partial charge in [0, 0.05) is 18.2 Å². The molecule has 3 rings (SSSR count). The van der Waals surface area contributed by atoms with Gasteiger partial charge in [0.2, 0.25) is 5.91 Å². The molecule has 1 aromatic heterocycles. The highest BCUT2D eigenvalue weighted by molar-refractivity contribution is 7.18. The van der Waals surface area contributed by atoms with Crippen molar-refractivity contribution in [1.29, 1.82) is 0 Å². The van der Waals surface area contributed by atoms with Gasteiger partial charge in [0.15, 0.2) is 11.5 Å². The molecule has 2 aromatic carbocycles. The number of carbonyl (C=O) groups excluding carboxylic acids is 1. The van der Waals surface area contributed by atoms with Gasteiger partial charge in [0.1, 0.15) is 0 Å². The average Bonchev–Trinajstić information content (AvgIpc) is 3.05. The van der Waals surface area contributed by atoms with Crippen molar-refractivity contribution >= 4 is 33.1 Å². The van der Waals surface area contributed by atoms with Crippen LogP contribution in [-0.4, -0.2) is 25.1 Å². The Balaban J connectivity index is 1.57. The molecule has 0 bridgehead atoms. The van der Waals surface area contributed by atoms with Gasteiger partial charge in [-0.2, -0.15) is 0 Å². The highest BCUT2D eigenvalue weighted by Crippen LogP contribution is 2.33. The van der Waals surface area contributed by atoms with Crippen molar-refractivity contribution in [1.82, 2.24) is 4.98 Å². The quantitative estimate of drug-likeness (QED) is 0.661. The molecule has 0 aliphatic rings. The second-order valence-corrected chi connectivity index (χ2v) is 7.11. The van der Waals surface area contributed by atoms with Crippen LogP contribution in [0.1, 0.15) is 23.4 Å². The summed E-state index contributed by atoms with van der Waals surface area (Å²) >= 11 is 1.69. The van der Waals surface area contributed by atoms with Crippen LogP contribution in [0.15, 0.2) is 36.4 Å². The molecular weight excluding hydrogens is 348 g/mol. The third kappa shape index (κ3) is 4.14. The first-order chi connectivity index (χ1) is 12.6. The van der Waals surface area contributed by atoms with Gasteiger partial charge in [0.05, 0.1) is 29.4 Å². The monoisotopic (exact) mass is 370 g/mol. The van der Waals surface area contributed by atoms with Crippen molar-refractivity contribution in [2.24, 2.45) is 0 Å². The van der Waals surface area contributed by atoms with Gasteiger partial charge in [-0.05, 0) is 43.5 Å². The number of aryl methyl sites for hydroxylation is 2. The molecule has 0 fully saturated rings. The van der Waals surface area contributed by atoms with Crippen LogP contribution in [0.3, 0.4) is 0 Å². The molecule has 0 aliphatic carbocycles. The number of amides is 1. The minimum atomic E-state index is -0.0126. The lowest BCUT2D eigenvalue weighted by molar-refractivity contribution is -0.116.